The first-order valence-corrected chi connectivity index (χ1v) is 10.6. The minimum Gasteiger partial charge on any atom is -0.396 e. The smallest absolute Gasteiger partial charge is 0.134 e. The lowest BCUT2D eigenvalue weighted by atomic mass is 9.87. The van der Waals surface area contributed by atoms with Crippen molar-refractivity contribution >= 4 is 17.6 Å². The summed E-state index contributed by atoms with van der Waals surface area (Å²) < 4.78 is 0. The zero-order chi connectivity index (χ0) is 17.4. The van der Waals surface area contributed by atoms with Crippen LogP contribution >= 0.6 is 11.8 Å². The van der Waals surface area contributed by atoms with E-state index in [0.29, 0.717) is 29.7 Å². The topological polar surface area (TPSA) is 61.3 Å². The molecule has 2 fully saturated rings. The van der Waals surface area contributed by atoms with Gasteiger partial charge in [0, 0.05) is 35.4 Å². The Morgan fingerprint density at radius 1 is 1.16 bits per heavy atom. The SMILES string of the molecule is CN(C)C1CCC(Nc2ncnc3c2C2C(CCO)CCC2S3)CC1. The number of rotatable bonds is 5. The Morgan fingerprint density at radius 3 is 2.68 bits per heavy atom. The Bertz CT molecular complexity index is 601. The molecular weight excluding hydrogens is 332 g/mol. The molecule has 2 heterocycles. The molecule has 0 spiro atoms. The Balaban J connectivity index is 1.50. The minimum absolute atomic E-state index is 0.291. The second-order valence-electron chi connectivity index (χ2n) is 8.09. The van der Waals surface area contributed by atoms with E-state index < -0.39 is 0 Å². The van der Waals surface area contributed by atoms with Gasteiger partial charge in [-0.3, -0.25) is 0 Å². The van der Waals surface area contributed by atoms with Gasteiger partial charge in [-0.1, -0.05) is 0 Å². The van der Waals surface area contributed by atoms with E-state index in [2.05, 4.69) is 34.3 Å². The van der Waals surface area contributed by atoms with E-state index in [9.17, 15) is 5.11 Å². The Morgan fingerprint density at radius 2 is 1.96 bits per heavy atom. The largest absolute Gasteiger partial charge is 0.396 e. The first-order valence-electron chi connectivity index (χ1n) is 9.72. The first kappa shape index (κ1) is 17.6. The van der Waals surface area contributed by atoms with Gasteiger partial charge in [0.25, 0.3) is 0 Å². The van der Waals surface area contributed by atoms with Gasteiger partial charge in [-0.2, -0.15) is 0 Å². The average molecular weight is 363 g/mol. The summed E-state index contributed by atoms with van der Waals surface area (Å²) in [5.74, 6) is 2.18. The molecule has 138 valence electrons. The highest BCUT2D eigenvalue weighted by Gasteiger charge is 2.45. The third-order valence-electron chi connectivity index (χ3n) is 6.44. The lowest BCUT2D eigenvalue weighted by Gasteiger charge is -2.33. The van der Waals surface area contributed by atoms with E-state index in [4.69, 9.17) is 0 Å². The zero-order valence-corrected chi connectivity index (χ0v) is 16.1. The summed E-state index contributed by atoms with van der Waals surface area (Å²) in [5, 5.41) is 15.0. The first-order chi connectivity index (χ1) is 12.2. The maximum atomic E-state index is 9.44. The molecule has 2 N–H and O–H groups in total. The van der Waals surface area contributed by atoms with Crippen molar-refractivity contribution in [3.8, 4) is 0 Å². The molecular formula is C19H30N4OS. The van der Waals surface area contributed by atoms with Crippen molar-refractivity contribution in [1.82, 2.24) is 14.9 Å². The van der Waals surface area contributed by atoms with Gasteiger partial charge in [-0.15, -0.1) is 11.8 Å². The number of hydrogen-bond acceptors (Lipinski definition) is 6. The molecule has 6 heteroatoms. The van der Waals surface area contributed by atoms with Crippen molar-refractivity contribution in [2.45, 2.75) is 73.2 Å². The van der Waals surface area contributed by atoms with Crippen LogP contribution in [0.25, 0.3) is 0 Å². The molecule has 0 radical (unpaired) electrons. The van der Waals surface area contributed by atoms with Crippen LogP contribution in [-0.4, -0.2) is 58.0 Å². The minimum atomic E-state index is 0.291. The Labute approximate surface area is 155 Å². The molecule has 2 saturated carbocycles. The van der Waals surface area contributed by atoms with Crippen LogP contribution in [0.15, 0.2) is 11.4 Å². The molecule has 3 aliphatic rings. The number of nitrogens with zero attached hydrogens (tertiary/aromatic N) is 3. The molecule has 25 heavy (non-hydrogen) atoms. The number of aliphatic hydroxyl groups excluding tert-OH is 1. The fourth-order valence-corrected chi connectivity index (χ4v) is 6.56. The van der Waals surface area contributed by atoms with Crippen molar-refractivity contribution in [3.05, 3.63) is 11.9 Å². The van der Waals surface area contributed by atoms with Crippen LogP contribution in [0.1, 0.15) is 56.4 Å². The number of fused-ring (bicyclic) bond motifs is 3. The second kappa shape index (κ2) is 7.41. The Hall–Kier alpha value is -0.850. The molecule has 0 amide bonds. The molecule has 0 saturated heterocycles. The number of nitrogens with one attached hydrogen (secondary N) is 1. The van der Waals surface area contributed by atoms with Crippen molar-refractivity contribution in [2.75, 3.05) is 26.0 Å². The Kier molecular flexibility index (Phi) is 5.20. The van der Waals surface area contributed by atoms with Crippen molar-refractivity contribution in [2.24, 2.45) is 5.92 Å². The van der Waals surface area contributed by atoms with Crippen LogP contribution in [0.3, 0.4) is 0 Å². The van der Waals surface area contributed by atoms with Gasteiger partial charge >= 0.3 is 0 Å². The summed E-state index contributed by atoms with van der Waals surface area (Å²) >= 11 is 1.94. The number of thioether (sulfide) groups is 1. The molecule has 1 aromatic heterocycles. The number of hydrogen-bond donors (Lipinski definition) is 2. The van der Waals surface area contributed by atoms with E-state index in [1.54, 1.807) is 6.33 Å². The summed E-state index contributed by atoms with van der Waals surface area (Å²) in [5.41, 5.74) is 1.35. The van der Waals surface area contributed by atoms with Crippen LogP contribution in [0.5, 0.6) is 0 Å². The number of aromatic nitrogens is 2. The summed E-state index contributed by atoms with van der Waals surface area (Å²) in [6.07, 6.45) is 10.0. The van der Waals surface area contributed by atoms with Crippen LogP contribution in [-0.2, 0) is 0 Å². The van der Waals surface area contributed by atoms with Crippen molar-refractivity contribution in [1.29, 1.82) is 0 Å². The molecule has 3 unspecified atom stereocenters. The lowest BCUT2D eigenvalue weighted by molar-refractivity contribution is 0.221. The highest BCUT2D eigenvalue weighted by atomic mass is 32.2. The van der Waals surface area contributed by atoms with Crippen molar-refractivity contribution < 1.29 is 5.11 Å². The molecule has 1 aliphatic heterocycles. The maximum Gasteiger partial charge on any atom is 0.134 e. The van der Waals surface area contributed by atoms with Crippen LogP contribution in [0, 0.1) is 5.92 Å². The van der Waals surface area contributed by atoms with Gasteiger partial charge in [-0.05, 0) is 65.0 Å². The highest BCUT2D eigenvalue weighted by molar-refractivity contribution is 8.00. The van der Waals surface area contributed by atoms with Gasteiger partial charge in [-0.25, -0.2) is 9.97 Å². The van der Waals surface area contributed by atoms with Gasteiger partial charge < -0.3 is 15.3 Å². The summed E-state index contributed by atoms with van der Waals surface area (Å²) in [6.45, 7) is 0.291. The van der Waals surface area contributed by atoms with E-state index in [1.165, 1.54) is 49.1 Å². The maximum absolute atomic E-state index is 9.44. The van der Waals surface area contributed by atoms with E-state index in [-0.39, 0.29) is 0 Å². The quantitative estimate of drug-likeness (QED) is 0.785. The fraction of sp³-hybridized carbons (Fsp3) is 0.789. The molecule has 0 aromatic carbocycles. The molecule has 1 aromatic rings. The summed E-state index contributed by atoms with van der Waals surface area (Å²) in [6, 6.07) is 1.25. The van der Waals surface area contributed by atoms with Gasteiger partial charge in [0.15, 0.2) is 0 Å². The van der Waals surface area contributed by atoms with Crippen molar-refractivity contribution in [3.63, 3.8) is 0 Å². The molecule has 0 bridgehead atoms. The van der Waals surface area contributed by atoms with E-state index in [0.717, 1.165) is 18.3 Å². The predicted molar refractivity (Wildman–Crippen MR) is 102 cm³/mol. The highest BCUT2D eigenvalue weighted by Crippen LogP contribution is 2.57. The monoisotopic (exact) mass is 362 g/mol. The molecule has 2 aliphatic carbocycles. The summed E-state index contributed by atoms with van der Waals surface area (Å²) in [7, 11) is 4.38. The van der Waals surface area contributed by atoms with Crippen LogP contribution in [0.2, 0.25) is 0 Å². The normalized spacial score (nSPS) is 34.2. The number of aliphatic hydroxyl groups is 1. The van der Waals surface area contributed by atoms with E-state index in [1.807, 2.05) is 11.8 Å². The summed E-state index contributed by atoms with van der Waals surface area (Å²) in [4.78, 5) is 11.6. The molecule has 5 nitrogen and oxygen atoms in total. The van der Waals surface area contributed by atoms with Crippen LogP contribution < -0.4 is 5.32 Å². The third-order valence-corrected chi connectivity index (χ3v) is 7.82. The van der Waals surface area contributed by atoms with Gasteiger partial charge in [0.05, 0.1) is 0 Å². The lowest BCUT2D eigenvalue weighted by Crippen LogP contribution is -2.36. The third kappa shape index (κ3) is 3.40. The average Bonchev–Trinajstić information content (AvgIpc) is 3.16. The van der Waals surface area contributed by atoms with E-state index >= 15 is 0 Å². The second-order valence-corrected chi connectivity index (χ2v) is 9.31. The van der Waals surface area contributed by atoms with Crippen LogP contribution in [0.4, 0.5) is 5.82 Å². The van der Waals surface area contributed by atoms with Gasteiger partial charge in [0.2, 0.25) is 0 Å². The standard InChI is InChI=1S/C19H30N4OS/c1-23(2)14-6-4-13(5-7-14)22-18-17-16-12(9-10-24)3-8-15(16)25-19(17)21-11-20-18/h11-16,24H,3-10H2,1-2H3,(H,20,21,22). The van der Waals surface area contributed by atoms with Gasteiger partial charge in [0.1, 0.15) is 17.2 Å². The fourth-order valence-electron chi connectivity index (χ4n) is 5.05. The zero-order valence-electron chi connectivity index (χ0n) is 15.3. The molecule has 3 atom stereocenters. The number of anilines is 1. The predicted octanol–water partition coefficient (Wildman–Crippen LogP) is 3.11. The molecule has 4 rings (SSSR count).